The van der Waals surface area contributed by atoms with Crippen molar-refractivity contribution in [2.45, 2.75) is 39.6 Å². The molecule has 0 atom stereocenters. The minimum absolute atomic E-state index is 0.0213. The van der Waals surface area contributed by atoms with Crippen molar-refractivity contribution in [2.24, 2.45) is 5.41 Å². The van der Waals surface area contributed by atoms with Gasteiger partial charge in [0.2, 0.25) is 0 Å². The lowest BCUT2D eigenvalue weighted by molar-refractivity contribution is 0.0367. The van der Waals surface area contributed by atoms with E-state index in [0.717, 1.165) is 6.32 Å². The van der Waals surface area contributed by atoms with Gasteiger partial charge < -0.3 is 4.65 Å². The number of halogens is 1. The van der Waals surface area contributed by atoms with Crippen LogP contribution in [0.1, 0.15) is 27.7 Å². The van der Waals surface area contributed by atoms with Gasteiger partial charge in [0.05, 0.1) is 5.60 Å². The Kier molecular flexibility index (Phi) is 2.28. The number of hydrogen-bond donors (Lipinski definition) is 0. The third-order valence-electron chi connectivity index (χ3n) is 3.00. The summed E-state index contributed by atoms with van der Waals surface area (Å²) in [6.45, 7) is 9.00. The van der Waals surface area contributed by atoms with Crippen LogP contribution in [0.25, 0.3) is 0 Å². The molecule has 11 heavy (non-hydrogen) atoms. The Morgan fingerprint density at radius 1 is 1.36 bits per heavy atom. The van der Waals surface area contributed by atoms with E-state index in [1.165, 1.54) is 0 Å². The predicted molar refractivity (Wildman–Crippen MR) is 50.2 cm³/mol. The Balaban J connectivity index is 2.72. The first-order valence-electron chi connectivity index (χ1n) is 4.13. The zero-order valence-corrected chi connectivity index (χ0v) is 8.53. The molecule has 0 spiro atoms. The van der Waals surface area contributed by atoms with Crippen molar-refractivity contribution in [3.63, 3.8) is 0 Å². The minimum Gasteiger partial charge on any atom is -0.429 e. The molecular formula is C8H16BClO. The Morgan fingerprint density at radius 2 is 1.91 bits per heavy atom. The molecule has 1 aliphatic heterocycles. The molecule has 0 unspecified atom stereocenters. The van der Waals surface area contributed by atoms with Gasteiger partial charge >= 0.3 is 6.92 Å². The second kappa shape index (κ2) is 2.67. The molecule has 0 aromatic carbocycles. The topological polar surface area (TPSA) is 9.23 Å². The zero-order chi connectivity index (χ0) is 8.70. The Morgan fingerprint density at radius 3 is 2.09 bits per heavy atom. The van der Waals surface area contributed by atoms with Crippen molar-refractivity contribution >= 4 is 18.5 Å². The molecule has 1 rings (SSSR count). The lowest BCUT2D eigenvalue weighted by Crippen LogP contribution is -2.34. The van der Waals surface area contributed by atoms with Crippen LogP contribution < -0.4 is 0 Å². The van der Waals surface area contributed by atoms with Crippen molar-refractivity contribution in [1.82, 2.24) is 0 Å². The Bertz CT molecular complexity index is 140. The molecular weight excluding hydrogens is 158 g/mol. The van der Waals surface area contributed by atoms with Crippen LogP contribution in [0, 0.1) is 5.41 Å². The Labute approximate surface area is 74.6 Å². The lowest BCUT2D eigenvalue weighted by Gasteiger charge is -2.34. The van der Waals surface area contributed by atoms with E-state index in [9.17, 15) is 0 Å². The van der Waals surface area contributed by atoms with Crippen LogP contribution in [0.15, 0.2) is 0 Å². The predicted octanol–water partition coefficient (Wildman–Crippen LogP) is 2.59. The molecule has 1 saturated heterocycles. The summed E-state index contributed by atoms with van der Waals surface area (Å²) in [5, 5.41) is 0. The highest BCUT2D eigenvalue weighted by atomic mass is 35.5. The number of rotatable bonds is 1. The second-order valence-electron chi connectivity index (χ2n) is 4.49. The third-order valence-corrected chi connectivity index (χ3v) is 3.35. The van der Waals surface area contributed by atoms with Crippen LogP contribution in [0.5, 0.6) is 0 Å². The first-order valence-corrected chi connectivity index (χ1v) is 4.66. The van der Waals surface area contributed by atoms with Crippen LogP contribution in [0.3, 0.4) is 0 Å². The molecule has 0 bridgehead atoms. The Hall–Kier alpha value is 0.315. The summed E-state index contributed by atoms with van der Waals surface area (Å²) < 4.78 is 5.78. The molecule has 0 radical (unpaired) electrons. The summed E-state index contributed by atoms with van der Waals surface area (Å²) in [6, 6.07) is 0. The maximum Gasteiger partial charge on any atom is 0.309 e. The van der Waals surface area contributed by atoms with E-state index in [4.69, 9.17) is 16.3 Å². The maximum atomic E-state index is 5.78. The molecule has 1 fully saturated rings. The van der Waals surface area contributed by atoms with Crippen LogP contribution in [0.4, 0.5) is 0 Å². The standard InChI is InChI=1S/C8H16BClO/c1-7(2)5-9(6-10)11-8(7,3)4/h5-6H2,1-4H3. The van der Waals surface area contributed by atoms with E-state index in [2.05, 4.69) is 27.7 Å². The summed E-state index contributed by atoms with van der Waals surface area (Å²) in [7, 11) is 0. The van der Waals surface area contributed by atoms with Gasteiger partial charge in [0, 0.05) is 5.78 Å². The summed E-state index contributed by atoms with van der Waals surface area (Å²) in [5.74, 6) is 0.618. The number of hydrogen-bond acceptors (Lipinski definition) is 1. The number of alkyl halides is 1. The van der Waals surface area contributed by atoms with E-state index in [-0.39, 0.29) is 17.9 Å². The van der Waals surface area contributed by atoms with Crippen LogP contribution in [-0.2, 0) is 4.65 Å². The van der Waals surface area contributed by atoms with Gasteiger partial charge in [0.15, 0.2) is 0 Å². The summed E-state index contributed by atoms with van der Waals surface area (Å²) >= 11 is 5.74. The van der Waals surface area contributed by atoms with Crippen molar-refractivity contribution in [3.05, 3.63) is 0 Å². The normalized spacial score (nSPS) is 27.5. The SMILES string of the molecule is CC1(C)CB(CCl)OC1(C)C. The molecule has 0 amide bonds. The molecule has 0 N–H and O–H groups in total. The van der Waals surface area contributed by atoms with Gasteiger partial charge in [-0.2, -0.15) is 0 Å². The first kappa shape index (κ1) is 9.40. The molecule has 1 aliphatic rings. The van der Waals surface area contributed by atoms with Gasteiger partial charge in [0.25, 0.3) is 0 Å². The van der Waals surface area contributed by atoms with Crippen LogP contribution in [-0.4, -0.2) is 18.3 Å². The highest BCUT2D eigenvalue weighted by Gasteiger charge is 2.48. The molecule has 0 aliphatic carbocycles. The van der Waals surface area contributed by atoms with Gasteiger partial charge in [-0.15, -0.1) is 11.6 Å². The molecule has 1 heterocycles. The highest BCUT2D eigenvalue weighted by Crippen LogP contribution is 2.45. The fourth-order valence-electron chi connectivity index (χ4n) is 1.52. The molecule has 0 aromatic heterocycles. The first-order chi connectivity index (χ1) is 4.89. The highest BCUT2D eigenvalue weighted by molar-refractivity contribution is 6.62. The summed E-state index contributed by atoms with van der Waals surface area (Å²) in [5.41, 5.74) is 0.235. The third kappa shape index (κ3) is 1.57. The van der Waals surface area contributed by atoms with Gasteiger partial charge in [0.1, 0.15) is 0 Å². The van der Waals surface area contributed by atoms with E-state index < -0.39 is 0 Å². The zero-order valence-electron chi connectivity index (χ0n) is 7.78. The van der Waals surface area contributed by atoms with Gasteiger partial charge in [-0.05, 0) is 25.6 Å². The molecule has 1 nitrogen and oxygen atoms in total. The summed E-state index contributed by atoms with van der Waals surface area (Å²) in [6.07, 6.45) is 1.07. The van der Waals surface area contributed by atoms with Crippen molar-refractivity contribution in [2.75, 3.05) is 5.78 Å². The van der Waals surface area contributed by atoms with Crippen molar-refractivity contribution in [3.8, 4) is 0 Å². The fraction of sp³-hybridized carbons (Fsp3) is 1.00. The van der Waals surface area contributed by atoms with Crippen LogP contribution in [0.2, 0.25) is 6.32 Å². The monoisotopic (exact) mass is 174 g/mol. The fourth-order valence-corrected chi connectivity index (χ4v) is 1.69. The minimum atomic E-state index is -0.0213. The molecule has 3 heteroatoms. The second-order valence-corrected chi connectivity index (χ2v) is 4.80. The van der Waals surface area contributed by atoms with E-state index in [0.29, 0.717) is 5.78 Å². The average molecular weight is 174 g/mol. The molecule has 0 saturated carbocycles. The van der Waals surface area contributed by atoms with E-state index in [1.54, 1.807) is 0 Å². The largest absolute Gasteiger partial charge is 0.429 e. The molecule has 64 valence electrons. The smallest absolute Gasteiger partial charge is 0.309 e. The van der Waals surface area contributed by atoms with E-state index >= 15 is 0 Å². The summed E-state index contributed by atoms with van der Waals surface area (Å²) in [4.78, 5) is 0. The van der Waals surface area contributed by atoms with Gasteiger partial charge in [-0.3, -0.25) is 0 Å². The quantitative estimate of drug-likeness (QED) is 0.439. The average Bonchev–Trinajstić information content (AvgIpc) is 2.03. The molecule has 0 aromatic rings. The van der Waals surface area contributed by atoms with Gasteiger partial charge in [-0.1, -0.05) is 13.8 Å². The lowest BCUT2D eigenvalue weighted by atomic mass is 9.60. The van der Waals surface area contributed by atoms with E-state index in [1.807, 2.05) is 0 Å². The van der Waals surface area contributed by atoms with Crippen LogP contribution >= 0.6 is 11.6 Å². The van der Waals surface area contributed by atoms with Crippen molar-refractivity contribution in [1.29, 1.82) is 0 Å². The maximum absolute atomic E-state index is 5.78. The van der Waals surface area contributed by atoms with Gasteiger partial charge in [-0.25, -0.2) is 0 Å². The van der Waals surface area contributed by atoms with Crippen molar-refractivity contribution < 1.29 is 4.65 Å².